The Bertz CT molecular complexity index is 1180. The van der Waals surface area contributed by atoms with Crippen LogP contribution in [0, 0.1) is 0 Å². The lowest BCUT2D eigenvalue weighted by Crippen LogP contribution is -2.22. The Labute approximate surface area is 163 Å². The fourth-order valence-electron chi connectivity index (χ4n) is 3.30. The first-order valence-corrected chi connectivity index (χ1v) is 8.57. The molecule has 1 amide bonds. The molecule has 7 heteroatoms. The van der Waals surface area contributed by atoms with Crippen LogP contribution in [0.2, 0.25) is 0 Å². The number of benzene rings is 3. The number of nitrogens with one attached hydrogen (secondary N) is 1. The molecule has 3 aromatic rings. The molecule has 0 aromatic heterocycles. The zero-order valence-electron chi connectivity index (χ0n) is 14.7. The van der Waals surface area contributed by atoms with Crippen molar-refractivity contribution in [1.82, 2.24) is 0 Å². The predicted octanol–water partition coefficient (Wildman–Crippen LogP) is 4.73. The second kappa shape index (κ2) is 6.70. The summed E-state index contributed by atoms with van der Waals surface area (Å²) >= 11 is 0. The van der Waals surface area contributed by atoms with Crippen LogP contribution in [0.1, 0.15) is 47.8 Å². The van der Waals surface area contributed by atoms with Crippen LogP contribution in [0.4, 0.5) is 18.9 Å². The molecule has 1 N–H and O–H groups in total. The molecule has 0 radical (unpaired) electrons. The van der Waals surface area contributed by atoms with E-state index in [1.54, 1.807) is 18.2 Å². The van der Waals surface area contributed by atoms with Gasteiger partial charge in [-0.2, -0.15) is 13.2 Å². The van der Waals surface area contributed by atoms with Gasteiger partial charge in [-0.25, -0.2) is 0 Å². The van der Waals surface area contributed by atoms with E-state index in [1.165, 1.54) is 36.4 Å². The number of rotatable bonds is 2. The summed E-state index contributed by atoms with van der Waals surface area (Å²) < 4.78 is 39.4. The standard InChI is InChI=1S/C22H12F3NO3/c23-22(24,25)18-8-4-3-7-16(18)21(29)26-12-9-10-15-17(11-12)20(28)14-6-2-1-5-13(14)19(15)27/h1-11H,(H,26,29). The van der Waals surface area contributed by atoms with Crippen molar-refractivity contribution in [2.75, 3.05) is 5.32 Å². The van der Waals surface area contributed by atoms with Crippen molar-refractivity contribution in [3.05, 3.63) is 100 Å². The Balaban J connectivity index is 1.69. The second-order valence-electron chi connectivity index (χ2n) is 6.46. The molecular weight excluding hydrogens is 383 g/mol. The molecule has 3 aromatic carbocycles. The summed E-state index contributed by atoms with van der Waals surface area (Å²) in [6.07, 6.45) is -4.68. The minimum Gasteiger partial charge on any atom is -0.322 e. The first-order chi connectivity index (χ1) is 13.8. The number of carbonyl (C=O) groups is 3. The second-order valence-corrected chi connectivity index (χ2v) is 6.46. The molecule has 0 bridgehead atoms. The number of ketones is 2. The van der Waals surface area contributed by atoms with Gasteiger partial charge in [-0.15, -0.1) is 0 Å². The summed E-state index contributed by atoms with van der Waals surface area (Å²) in [7, 11) is 0. The molecule has 0 saturated carbocycles. The topological polar surface area (TPSA) is 63.2 Å². The SMILES string of the molecule is O=C1c2ccccc2C(=O)c2cc(NC(=O)c3ccccc3C(F)(F)F)ccc21. The zero-order chi connectivity index (χ0) is 20.8. The molecular formula is C22H12F3NO3. The average Bonchev–Trinajstić information content (AvgIpc) is 2.71. The van der Waals surface area contributed by atoms with Crippen molar-refractivity contribution in [2.45, 2.75) is 6.18 Å². The third-order valence-electron chi connectivity index (χ3n) is 4.66. The maximum atomic E-state index is 13.1. The lowest BCUT2D eigenvalue weighted by atomic mass is 9.84. The molecule has 0 unspecified atom stereocenters. The highest BCUT2D eigenvalue weighted by atomic mass is 19.4. The lowest BCUT2D eigenvalue weighted by Gasteiger charge is -2.18. The van der Waals surface area contributed by atoms with Gasteiger partial charge in [0.05, 0.1) is 11.1 Å². The van der Waals surface area contributed by atoms with E-state index in [2.05, 4.69) is 5.32 Å². The van der Waals surface area contributed by atoms with Gasteiger partial charge in [-0.05, 0) is 30.3 Å². The smallest absolute Gasteiger partial charge is 0.322 e. The summed E-state index contributed by atoms with van der Waals surface area (Å²) in [6, 6.07) is 14.9. The van der Waals surface area contributed by atoms with Crippen molar-refractivity contribution in [3.63, 3.8) is 0 Å². The Hall–Kier alpha value is -3.74. The number of carbonyl (C=O) groups excluding carboxylic acids is 3. The van der Waals surface area contributed by atoms with E-state index in [9.17, 15) is 27.6 Å². The number of amides is 1. The van der Waals surface area contributed by atoms with Crippen LogP contribution in [0.15, 0.2) is 66.7 Å². The van der Waals surface area contributed by atoms with Crippen molar-refractivity contribution in [3.8, 4) is 0 Å². The van der Waals surface area contributed by atoms with Crippen LogP contribution in [-0.4, -0.2) is 17.5 Å². The van der Waals surface area contributed by atoms with E-state index < -0.39 is 23.2 Å². The molecule has 29 heavy (non-hydrogen) atoms. The minimum atomic E-state index is -4.68. The van der Waals surface area contributed by atoms with Gasteiger partial charge in [0.15, 0.2) is 11.6 Å². The maximum Gasteiger partial charge on any atom is 0.417 e. The lowest BCUT2D eigenvalue weighted by molar-refractivity contribution is -0.137. The molecule has 4 nitrogen and oxygen atoms in total. The molecule has 0 atom stereocenters. The van der Waals surface area contributed by atoms with E-state index in [0.29, 0.717) is 5.56 Å². The number of hydrogen-bond donors (Lipinski definition) is 1. The average molecular weight is 395 g/mol. The van der Waals surface area contributed by atoms with Gasteiger partial charge in [0.1, 0.15) is 0 Å². The molecule has 0 heterocycles. The summed E-state index contributed by atoms with van der Waals surface area (Å²) in [5.41, 5.74) is -0.665. The van der Waals surface area contributed by atoms with Gasteiger partial charge in [0.2, 0.25) is 0 Å². The predicted molar refractivity (Wildman–Crippen MR) is 99.1 cm³/mol. The first-order valence-electron chi connectivity index (χ1n) is 8.57. The summed E-state index contributed by atoms with van der Waals surface area (Å²) in [4.78, 5) is 37.8. The maximum absolute atomic E-state index is 13.1. The molecule has 0 aliphatic heterocycles. The van der Waals surface area contributed by atoms with Crippen molar-refractivity contribution >= 4 is 23.2 Å². The van der Waals surface area contributed by atoms with Crippen LogP contribution < -0.4 is 5.32 Å². The molecule has 1 aliphatic carbocycles. The number of alkyl halides is 3. The Morgan fingerprint density at radius 3 is 1.93 bits per heavy atom. The van der Waals surface area contributed by atoms with Crippen LogP contribution in [0.25, 0.3) is 0 Å². The highest BCUT2D eigenvalue weighted by Crippen LogP contribution is 2.33. The normalized spacial score (nSPS) is 12.9. The third kappa shape index (κ3) is 3.20. The van der Waals surface area contributed by atoms with Crippen molar-refractivity contribution < 1.29 is 27.6 Å². The van der Waals surface area contributed by atoms with Gasteiger partial charge >= 0.3 is 6.18 Å². The van der Waals surface area contributed by atoms with Gasteiger partial charge in [-0.3, -0.25) is 14.4 Å². The van der Waals surface area contributed by atoms with Crippen LogP contribution >= 0.6 is 0 Å². The molecule has 0 spiro atoms. The van der Waals surface area contributed by atoms with E-state index in [4.69, 9.17) is 0 Å². The quantitative estimate of drug-likeness (QED) is 0.534. The molecule has 4 rings (SSSR count). The summed E-state index contributed by atoms with van der Waals surface area (Å²) in [6.45, 7) is 0. The first kappa shape index (κ1) is 18.6. The van der Waals surface area contributed by atoms with Crippen molar-refractivity contribution in [2.24, 2.45) is 0 Å². The van der Waals surface area contributed by atoms with Crippen molar-refractivity contribution in [1.29, 1.82) is 0 Å². The van der Waals surface area contributed by atoms with Gasteiger partial charge in [0.25, 0.3) is 5.91 Å². The highest BCUT2D eigenvalue weighted by molar-refractivity contribution is 6.28. The fourth-order valence-corrected chi connectivity index (χ4v) is 3.30. The molecule has 1 aliphatic rings. The Morgan fingerprint density at radius 2 is 1.28 bits per heavy atom. The number of fused-ring (bicyclic) bond motifs is 2. The van der Waals surface area contributed by atoms with Crippen LogP contribution in [0.5, 0.6) is 0 Å². The van der Waals surface area contributed by atoms with Gasteiger partial charge in [-0.1, -0.05) is 36.4 Å². The number of halogens is 3. The van der Waals surface area contributed by atoms with Crippen LogP contribution in [-0.2, 0) is 6.18 Å². The van der Waals surface area contributed by atoms with Gasteiger partial charge < -0.3 is 5.32 Å². The number of hydrogen-bond acceptors (Lipinski definition) is 3. The minimum absolute atomic E-state index is 0.0932. The van der Waals surface area contributed by atoms with Gasteiger partial charge in [0, 0.05) is 27.9 Å². The monoisotopic (exact) mass is 395 g/mol. The van der Waals surface area contributed by atoms with Crippen LogP contribution in [0.3, 0.4) is 0 Å². The molecule has 144 valence electrons. The molecule has 0 fully saturated rings. The number of anilines is 1. The Morgan fingerprint density at radius 1 is 0.724 bits per heavy atom. The van der Waals surface area contributed by atoms with E-state index in [1.807, 2.05) is 0 Å². The summed E-state index contributed by atoms with van der Waals surface area (Å²) in [5, 5.41) is 2.38. The summed E-state index contributed by atoms with van der Waals surface area (Å²) in [5.74, 6) is -1.68. The largest absolute Gasteiger partial charge is 0.417 e. The highest BCUT2D eigenvalue weighted by Gasteiger charge is 2.35. The Kier molecular flexibility index (Phi) is 4.30. The van der Waals surface area contributed by atoms with E-state index in [0.717, 1.165) is 12.1 Å². The molecule has 0 saturated heterocycles. The fraction of sp³-hybridized carbons (Fsp3) is 0.0455. The zero-order valence-corrected chi connectivity index (χ0v) is 14.7. The van der Waals surface area contributed by atoms with E-state index in [-0.39, 0.29) is 33.9 Å². The van der Waals surface area contributed by atoms with E-state index >= 15 is 0 Å². The third-order valence-corrected chi connectivity index (χ3v) is 4.66.